The second-order valence-corrected chi connectivity index (χ2v) is 3.18. The number of pyridine rings is 1. The highest BCUT2D eigenvalue weighted by atomic mass is 19.4. The maximum Gasteiger partial charge on any atom is 0.491 e. The van der Waals surface area contributed by atoms with Gasteiger partial charge < -0.3 is 14.8 Å². The first-order chi connectivity index (χ1) is 7.97. The first-order valence-corrected chi connectivity index (χ1v) is 4.60. The second-order valence-electron chi connectivity index (χ2n) is 3.18. The van der Waals surface area contributed by atoms with Gasteiger partial charge in [-0.1, -0.05) is 0 Å². The zero-order chi connectivity index (χ0) is 12.5. The first kappa shape index (κ1) is 11.5. The third-order valence-corrected chi connectivity index (χ3v) is 1.94. The molecule has 0 spiro atoms. The number of esters is 1. The SMILES string of the molecule is O=C(OC1CNc2ncccc2O1)C(F)(F)F. The highest BCUT2D eigenvalue weighted by Crippen LogP contribution is 2.27. The molecule has 1 aromatic heterocycles. The molecular weight excluding hydrogens is 241 g/mol. The summed E-state index contributed by atoms with van der Waals surface area (Å²) in [5, 5.41) is 2.69. The Balaban J connectivity index is 2.01. The monoisotopic (exact) mass is 248 g/mol. The molecule has 0 fully saturated rings. The van der Waals surface area contributed by atoms with Crippen molar-refractivity contribution < 1.29 is 27.4 Å². The molecule has 0 saturated carbocycles. The van der Waals surface area contributed by atoms with E-state index in [0.29, 0.717) is 5.82 Å². The molecule has 92 valence electrons. The molecule has 0 radical (unpaired) electrons. The van der Waals surface area contributed by atoms with E-state index in [1.165, 1.54) is 12.3 Å². The van der Waals surface area contributed by atoms with Crippen molar-refractivity contribution >= 4 is 11.8 Å². The number of anilines is 1. The molecule has 1 atom stereocenters. The van der Waals surface area contributed by atoms with Crippen molar-refractivity contribution in [2.75, 3.05) is 11.9 Å². The number of aromatic nitrogens is 1. The topological polar surface area (TPSA) is 60.5 Å². The fourth-order valence-corrected chi connectivity index (χ4v) is 1.23. The number of hydrogen-bond acceptors (Lipinski definition) is 5. The van der Waals surface area contributed by atoms with Crippen LogP contribution in [0.15, 0.2) is 18.3 Å². The number of alkyl halides is 3. The number of halogens is 3. The Morgan fingerprint density at radius 2 is 2.35 bits per heavy atom. The third-order valence-electron chi connectivity index (χ3n) is 1.94. The van der Waals surface area contributed by atoms with Gasteiger partial charge in [-0.05, 0) is 12.1 Å². The van der Waals surface area contributed by atoms with Gasteiger partial charge in [0, 0.05) is 6.20 Å². The molecule has 0 amide bonds. The van der Waals surface area contributed by atoms with Crippen LogP contribution >= 0.6 is 0 Å². The summed E-state index contributed by atoms with van der Waals surface area (Å²) in [6, 6.07) is 3.05. The summed E-state index contributed by atoms with van der Waals surface area (Å²) >= 11 is 0. The molecule has 1 N–H and O–H groups in total. The first-order valence-electron chi connectivity index (χ1n) is 4.60. The lowest BCUT2D eigenvalue weighted by molar-refractivity contribution is -0.215. The fraction of sp³-hybridized carbons (Fsp3) is 0.333. The number of rotatable bonds is 1. The van der Waals surface area contributed by atoms with Crippen LogP contribution in [0.25, 0.3) is 0 Å². The number of nitrogens with one attached hydrogen (secondary N) is 1. The summed E-state index contributed by atoms with van der Waals surface area (Å²) in [4.78, 5) is 14.5. The summed E-state index contributed by atoms with van der Waals surface area (Å²) in [7, 11) is 0. The number of hydrogen-bond donors (Lipinski definition) is 1. The number of ether oxygens (including phenoxy) is 2. The Morgan fingerprint density at radius 1 is 1.59 bits per heavy atom. The predicted molar refractivity (Wildman–Crippen MR) is 49.3 cm³/mol. The summed E-state index contributed by atoms with van der Waals surface area (Å²) in [6.45, 7) is -0.0914. The van der Waals surface area contributed by atoms with Crippen LogP contribution in [-0.2, 0) is 9.53 Å². The number of fused-ring (bicyclic) bond motifs is 1. The van der Waals surface area contributed by atoms with E-state index >= 15 is 0 Å². The van der Waals surface area contributed by atoms with E-state index in [2.05, 4.69) is 15.0 Å². The number of nitrogens with zero attached hydrogens (tertiary/aromatic N) is 1. The summed E-state index contributed by atoms with van der Waals surface area (Å²) in [6.07, 6.45) is -4.85. The Kier molecular flexibility index (Phi) is 2.78. The molecule has 1 aliphatic heterocycles. The van der Waals surface area contributed by atoms with E-state index < -0.39 is 18.4 Å². The van der Waals surface area contributed by atoms with Crippen molar-refractivity contribution in [1.82, 2.24) is 4.98 Å². The van der Waals surface area contributed by atoms with E-state index in [-0.39, 0.29) is 12.3 Å². The third kappa shape index (κ3) is 2.58. The lowest BCUT2D eigenvalue weighted by atomic mass is 10.3. The molecule has 0 saturated heterocycles. The molecule has 5 nitrogen and oxygen atoms in total. The van der Waals surface area contributed by atoms with Crippen LogP contribution in [0.3, 0.4) is 0 Å². The van der Waals surface area contributed by atoms with Gasteiger partial charge >= 0.3 is 12.1 Å². The zero-order valence-corrected chi connectivity index (χ0v) is 8.32. The van der Waals surface area contributed by atoms with Crippen LogP contribution < -0.4 is 10.1 Å². The van der Waals surface area contributed by atoms with Crippen LogP contribution in [0, 0.1) is 0 Å². The molecule has 0 bridgehead atoms. The molecule has 0 aliphatic carbocycles. The molecule has 17 heavy (non-hydrogen) atoms. The molecule has 0 aromatic carbocycles. The lowest BCUT2D eigenvalue weighted by Crippen LogP contribution is -2.39. The van der Waals surface area contributed by atoms with Gasteiger partial charge in [-0.3, -0.25) is 0 Å². The van der Waals surface area contributed by atoms with Crippen LogP contribution in [0.4, 0.5) is 19.0 Å². The second kappa shape index (κ2) is 4.11. The molecule has 1 unspecified atom stereocenters. The zero-order valence-electron chi connectivity index (χ0n) is 8.32. The highest BCUT2D eigenvalue weighted by molar-refractivity contribution is 5.75. The van der Waals surface area contributed by atoms with E-state index in [4.69, 9.17) is 4.74 Å². The normalized spacial score (nSPS) is 18.6. The molecule has 2 rings (SSSR count). The van der Waals surface area contributed by atoms with E-state index in [1.807, 2.05) is 0 Å². The Labute approximate surface area is 93.5 Å². The van der Waals surface area contributed by atoms with Gasteiger partial charge in [-0.25, -0.2) is 9.78 Å². The average Bonchev–Trinajstić information content (AvgIpc) is 2.27. The van der Waals surface area contributed by atoms with Gasteiger partial charge in [-0.15, -0.1) is 0 Å². The van der Waals surface area contributed by atoms with Gasteiger partial charge in [0.2, 0.25) is 0 Å². The van der Waals surface area contributed by atoms with Gasteiger partial charge in [0.25, 0.3) is 6.29 Å². The van der Waals surface area contributed by atoms with Crippen LogP contribution in [0.1, 0.15) is 0 Å². The number of carbonyl (C=O) groups is 1. The summed E-state index contributed by atoms with van der Waals surface area (Å²) in [5.74, 6) is -1.65. The van der Waals surface area contributed by atoms with Crippen molar-refractivity contribution in [2.45, 2.75) is 12.5 Å². The molecule has 8 heteroatoms. The minimum absolute atomic E-state index is 0.0914. The maximum absolute atomic E-state index is 11.9. The molecule has 1 aromatic rings. The van der Waals surface area contributed by atoms with Crippen LogP contribution in [0.2, 0.25) is 0 Å². The molecule has 1 aliphatic rings. The highest BCUT2D eigenvalue weighted by Gasteiger charge is 2.43. The standard InChI is InChI=1S/C9H7F3N2O3/c10-9(11,12)8(15)17-6-4-14-7-5(16-6)2-1-3-13-7/h1-3,6H,4H2,(H,13,14). The van der Waals surface area contributed by atoms with E-state index in [1.54, 1.807) is 6.07 Å². The minimum Gasteiger partial charge on any atom is -0.449 e. The van der Waals surface area contributed by atoms with Crippen molar-refractivity contribution in [3.63, 3.8) is 0 Å². The van der Waals surface area contributed by atoms with Crippen molar-refractivity contribution in [2.24, 2.45) is 0 Å². The Bertz CT molecular complexity index is 436. The largest absolute Gasteiger partial charge is 0.491 e. The minimum atomic E-state index is -5.03. The lowest BCUT2D eigenvalue weighted by Gasteiger charge is -2.26. The quantitative estimate of drug-likeness (QED) is 0.759. The van der Waals surface area contributed by atoms with Crippen molar-refractivity contribution in [3.8, 4) is 5.75 Å². The summed E-state index contributed by atoms with van der Waals surface area (Å²) < 4.78 is 45.0. The smallest absolute Gasteiger partial charge is 0.449 e. The van der Waals surface area contributed by atoms with Crippen molar-refractivity contribution in [1.29, 1.82) is 0 Å². The van der Waals surface area contributed by atoms with Gasteiger partial charge in [0.1, 0.15) is 0 Å². The van der Waals surface area contributed by atoms with E-state index in [0.717, 1.165) is 0 Å². The van der Waals surface area contributed by atoms with Crippen molar-refractivity contribution in [3.05, 3.63) is 18.3 Å². The number of carbonyl (C=O) groups excluding carboxylic acids is 1. The Morgan fingerprint density at radius 3 is 3.06 bits per heavy atom. The average molecular weight is 248 g/mol. The molecular formula is C9H7F3N2O3. The van der Waals surface area contributed by atoms with Crippen LogP contribution in [0.5, 0.6) is 5.75 Å². The van der Waals surface area contributed by atoms with Gasteiger partial charge in [0.15, 0.2) is 11.6 Å². The summed E-state index contributed by atoms with van der Waals surface area (Å²) in [5.41, 5.74) is 0. The van der Waals surface area contributed by atoms with Crippen LogP contribution in [-0.4, -0.2) is 30.0 Å². The van der Waals surface area contributed by atoms with Gasteiger partial charge in [-0.2, -0.15) is 13.2 Å². The molecule has 2 heterocycles. The predicted octanol–water partition coefficient (Wildman–Crippen LogP) is 1.32. The van der Waals surface area contributed by atoms with E-state index in [9.17, 15) is 18.0 Å². The maximum atomic E-state index is 11.9. The Hall–Kier alpha value is -1.99. The fourth-order valence-electron chi connectivity index (χ4n) is 1.23. The van der Waals surface area contributed by atoms with Gasteiger partial charge in [0.05, 0.1) is 6.54 Å².